The summed E-state index contributed by atoms with van der Waals surface area (Å²) in [6, 6.07) is 16.1. The van der Waals surface area contributed by atoms with Gasteiger partial charge >= 0.3 is 0 Å². The minimum absolute atomic E-state index is 0.219. The van der Waals surface area contributed by atoms with E-state index in [2.05, 4.69) is 21.5 Å². The van der Waals surface area contributed by atoms with E-state index in [-0.39, 0.29) is 4.90 Å². The van der Waals surface area contributed by atoms with Crippen LogP contribution in [0.4, 0.5) is 5.69 Å². The highest BCUT2D eigenvalue weighted by molar-refractivity contribution is 7.93. The van der Waals surface area contributed by atoms with Crippen molar-refractivity contribution in [2.75, 3.05) is 24.4 Å². The van der Waals surface area contributed by atoms with Crippen molar-refractivity contribution < 1.29 is 8.42 Å². The van der Waals surface area contributed by atoms with Crippen LogP contribution in [0.5, 0.6) is 0 Å². The number of halogens is 1. The van der Waals surface area contributed by atoms with Gasteiger partial charge in [-0.05, 0) is 74.2 Å². The topological polar surface area (TPSA) is 65.2 Å². The summed E-state index contributed by atoms with van der Waals surface area (Å²) >= 11 is 6.28. The Bertz CT molecular complexity index is 1410. The van der Waals surface area contributed by atoms with E-state index in [1.54, 1.807) is 36.4 Å². The minimum Gasteiger partial charge on any atom is -0.361 e. The largest absolute Gasteiger partial charge is 0.361 e. The Hall–Kier alpha value is -2.54. The Balaban J connectivity index is 1.39. The van der Waals surface area contributed by atoms with Gasteiger partial charge in [0.25, 0.3) is 10.0 Å². The Morgan fingerprint density at radius 2 is 1.79 bits per heavy atom. The average Bonchev–Trinajstić information content (AvgIpc) is 3.20. The molecule has 2 heterocycles. The SMILES string of the molecule is CC1CCN(CCc2c[nH]c3ccc(NS(=O)(=O)c4cccc5c(Cl)cccc45)cc23)CC1. The Labute approximate surface area is 199 Å². The molecule has 0 atom stereocenters. The number of nitrogens with zero attached hydrogens (tertiary/aromatic N) is 1. The summed E-state index contributed by atoms with van der Waals surface area (Å²) in [4.78, 5) is 6.07. The van der Waals surface area contributed by atoms with Gasteiger partial charge in [-0.3, -0.25) is 4.72 Å². The van der Waals surface area contributed by atoms with Crippen LogP contribution < -0.4 is 4.72 Å². The standard InChI is InChI=1S/C26H28ClN3O2S/c1-18-10-13-30(14-11-18)15-12-19-17-28-25-9-8-20(16-23(19)25)29-33(31,32)26-7-3-4-21-22(26)5-2-6-24(21)27/h2-9,16-18,28-29H,10-15H2,1H3. The molecule has 0 saturated carbocycles. The zero-order chi connectivity index (χ0) is 23.0. The molecule has 7 heteroatoms. The maximum atomic E-state index is 13.3. The van der Waals surface area contributed by atoms with Crippen LogP contribution in [0.25, 0.3) is 21.7 Å². The van der Waals surface area contributed by atoms with Crippen LogP contribution in [-0.4, -0.2) is 37.9 Å². The van der Waals surface area contributed by atoms with Crippen LogP contribution >= 0.6 is 11.6 Å². The molecule has 4 aromatic rings. The number of sulfonamides is 1. The smallest absolute Gasteiger partial charge is 0.262 e. The lowest BCUT2D eigenvalue weighted by molar-refractivity contribution is 0.194. The van der Waals surface area contributed by atoms with Crippen molar-refractivity contribution in [2.45, 2.75) is 31.1 Å². The molecule has 172 valence electrons. The third-order valence-corrected chi connectivity index (χ3v) is 8.48. The summed E-state index contributed by atoms with van der Waals surface area (Å²) < 4.78 is 29.3. The molecule has 2 N–H and O–H groups in total. The van der Waals surface area contributed by atoms with Gasteiger partial charge in [0.15, 0.2) is 0 Å². The van der Waals surface area contributed by atoms with Crippen molar-refractivity contribution in [1.82, 2.24) is 9.88 Å². The highest BCUT2D eigenvalue weighted by Crippen LogP contribution is 2.31. The Morgan fingerprint density at radius 1 is 1.03 bits per heavy atom. The number of hydrogen-bond donors (Lipinski definition) is 2. The molecule has 5 rings (SSSR count). The van der Waals surface area contributed by atoms with Crippen LogP contribution in [0.3, 0.4) is 0 Å². The molecule has 3 aromatic carbocycles. The van der Waals surface area contributed by atoms with Gasteiger partial charge in [-0.15, -0.1) is 0 Å². The van der Waals surface area contributed by atoms with Crippen molar-refractivity contribution in [3.63, 3.8) is 0 Å². The molecule has 0 unspecified atom stereocenters. The van der Waals surface area contributed by atoms with Gasteiger partial charge < -0.3 is 9.88 Å². The zero-order valence-corrected chi connectivity index (χ0v) is 20.2. The van der Waals surface area contributed by atoms with E-state index < -0.39 is 10.0 Å². The molecule has 1 fully saturated rings. The number of piperidine rings is 1. The van der Waals surface area contributed by atoms with E-state index in [1.165, 1.54) is 18.4 Å². The lowest BCUT2D eigenvalue weighted by Crippen LogP contribution is -2.34. The number of anilines is 1. The maximum absolute atomic E-state index is 13.3. The number of aromatic amines is 1. The number of fused-ring (bicyclic) bond motifs is 2. The van der Waals surface area contributed by atoms with E-state index >= 15 is 0 Å². The number of rotatable bonds is 6. The van der Waals surface area contributed by atoms with Crippen LogP contribution in [0.15, 0.2) is 65.7 Å². The molecule has 1 aromatic heterocycles. The van der Waals surface area contributed by atoms with E-state index in [9.17, 15) is 8.42 Å². The Kier molecular flexibility index (Phi) is 6.08. The summed E-state index contributed by atoms with van der Waals surface area (Å²) in [5, 5.41) is 2.92. The van der Waals surface area contributed by atoms with Crippen molar-refractivity contribution in [2.24, 2.45) is 5.92 Å². The first-order valence-electron chi connectivity index (χ1n) is 11.4. The van der Waals surface area contributed by atoms with Crippen molar-refractivity contribution in [1.29, 1.82) is 0 Å². The van der Waals surface area contributed by atoms with Crippen LogP contribution in [0, 0.1) is 5.92 Å². The van der Waals surface area contributed by atoms with Crippen molar-refractivity contribution in [3.8, 4) is 0 Å². The zero-order valence-electron chi connectivity index (χ0n) is 18.6. The summed E-state index contributed by atoms with van der Waals surface area (Å²) in [6.07, 6.45) is 5.51. The fraction of sp³-hybridized carbons (Fsp3) is 0.308. The van der Waals surface area contributed by atoms with Crippen molar-refractivity contribution >= 4 is 49.0 Å². The number of benzene rings is 3. The monoisotopic (exact) mass is 481 g/mol. The first-order valence-corrected chi connectivity index (χ1v) is 13.3. The molecule has 0 amide bonds. The number of hydrogen-bond acceptors (Lipinski definition) is 3. The predicted molar refractivity (Wildman–Crippen MR) is 137 cm³/mol. The average molecular weight is 482 g/mol. The van der Waals surface area contributed by atoms with Crippen LogP contribution in [-0.2, 0) is 16.4 Å². The molecule has 0 bridgehead atoms. The van der Waals surface area contributed by atoms with E-state index in [1.807, 2.05) is 24.4 Å². The molecule has 1 aliphatic rings. The Morgan fingerprint density at radius 3 is 2.61 bits per heavy atom. The van der Waals surface area contributed by atoms with Gasteiger partial charge in [0.1, 0.15) is 0 Å². The number of H-pyrrole nitrogens is 1. The summed E-state index contributed by atoms with van der Waals surface area (Å²) in [7, 11) is -3.78. The number of likely N-dealkylation sites (tertiary alicyclic amines) is 1. The van der Waals surface area contributed by atoms with Gasteiger partial charge in [-0.2, -0.15) is 0 Å². The van der Waals surface area contributed by atoms with Gasteiger partial charge in [0, 0.05) is 45.1 Å². The third-order valence-electron chi connectivity index (χ3n) is 6.71. The van der Waals surface area contributed by atoms with Gasteiger partial charge in [0.2, 0.25) is 0 Å². The lowest BCUT2D eigenvalue weighted by Gasteiger charge is -2.30. The van der Waals surface area contributed by atoms with E-state index in [0.717, 1.165) is 48.3 Å². The molecule has 0 aliphatic carbocycles. The molecule has 1 saturated heterocycles. The highest BCUT2D eigenvalue weighted by Gasteiger charge is 2.19. The summed E-state index contributed by atoms with van der Waals surface area (Å²) in [5.41, 5.74) is 2.77. The molecule has 33 heavy (non-hydrogen) atoms. The second kappa shape index (κ2) is 9.01. The lowest BCUT2D eigenvalue weighted by atomic mass is 9.99. The first-order chi connectivity index (χ1) is 15.9. The summed E-state index contributed by atoms with van der Waals surface area (Å²) in [6.45, 7) is 5.66. The number of nitrogens with one attached hydrogen (secondary N) is 2. The van der Waals surface area contributed by atoms with Crippen molar-refractivity contribution in [3.05, 3.63) is 71.4 Å². The second-order valence-electron chi connectivity index (χ2n) is 9.05. The molecular weight excluding hydrogens is 454 g/mol. The van der Waals surface area contributed by atoms with Crippen LogP contribution in [0.1, 0.15) is 25.3 Å². The van der Waals surface area contributed by atoms with Gasteiger partial charge in [-0.25, -0.2) is 8.42 Å². The van der Waals surface area contributed by atoms with E-state index in [4.69, 9.17) is 11.6 Å². The molecule has 0 radical (unpaired) electrons. The minimum atomic E-state index is -3.78. The highest BCUT2D eigenvalue weighted by atomic mass is 35.5. The quantitative estimate of drug-likeness (QED) is 0.352. The first kappa shape index (κ1) is 22.3. The van der Waals surface area contributed by atoms with Gasteiger partial charge in [-0.1, -0.05) is 42.8 Å². The van der Waals surface area contributed by atoms with Crippen LogP contribution in [0.2, 0.25) is 5.02 Å². The molecular formula is C26H28ClN3O2S. The molecule has 0 spiro atoms. The van der Waals surface area contributed by atoms with E-state index in [0.29, 0.717) is 16.1 Å². The summed E-state index contributed by atoms with van der Waals surface area (Å²) in [5.74, 6) is 0.822. The predicted octanol–water partition coefficient (Wildman–Crippen LogP) is 6.05. The van der Waals surface area contributed by atoms with Gasteiger partial charge in [0.05, 0.1) is 4.90 Å². The normalized spacial score (nSPS) is 15.9. The number of aromatic nitrogens is 1. The molecule has 5 nitrogen and oxygen atoms in total. The second-order valence-corrected chi connectivity index (χ2v) is 11.1. The maximum Gasteiger partial charge on any atom is 0.262 e. The fourth-order valence-corrected chi connectivity index (χ4v) is 6.21. The third kappa shape index (κ3) is 4.60. The molecule has 1 aliphatic heterocycles. The fourth-order valence-electron chi connectivity index (χ4n) is 4.70.